The van der Waals surface area contributed by atoms with Gasteiger partial charge in [0.1, 0.15) is 5.82 Å². The average molecular weight is 417 g/mol. The number of carbonyl (C=O) groups is 2. The normalized spacial score (nSPS) is 22.3. The Labute approximate surface area is 177 Å². The van der Waals surface area contributed by atoms with Gasteiger partial charge < -0.3 is 25.0 Å². The highest BCUT2D eigenvalue weighted by Gasteiger charge is 2.35. The van der Waals surface area contributed by atoms with Crippen LogP contribution in [0.25, 0.3) is 11.0 Å². The number of para-hydroxylation sites is 2. The van der Waals surface area contributed by atoms with Crippen molar-refractivity contribution in [1.82, 2.24) is 20.2 Å². The molecule has 164 valence electrons. The van der Waals surface area contributed by atoms with Crippen LogP contribution in [-0.2, 0) is 9.53 Å². The number of aromatic nitrogens is 2. The van der Waals surface area contributed by atoms with Gasteiger partial charge in [0.2, 0.25) is 0 Å². The first-order valence-corrected chi connectivity index (χ1v) is 10.5. The van der Waals surface area contributed by atoms with Crippen LogP contribution in [0, 0.1) is 11.3 Å². The van der Waals surface area contributed by atoms with Crippen LogP contribution in [0.1, 0.15) is 44.3 Å². The molecule has 1 aliphatic carbocycles. The fourth-order valence-corrected chi connectivity index (χ4v) is 4.36. The molecule has 1 saturated carbocycles. The van der Waals surface area contributed by atoms with Gasteiger partial charge in [-0.3, -0.25) is 4.79 Å². The second-order valence-electron chi connectivity index (χ2n) is 8.81. The minimum Gasteiger partial charge on any atom is -0.483 e. The Balaban J connectivity index is 0.000000806. The number of aromatic amines is 1. The van der Waals surface area contributed by atoms with Gasteiger partial charge in [0.25, 0.3) is 6.47 Å². The molecule has 2 fully saturated rings. The summed E-state index contributed by atoms with van der Waals surface area (Å²) in [6.45, 7) is 4.92. The molecular formula is C22H32N4O4. The van der Waals surface area contributed by atoms with Crippen molar-refractivity contribution in [3.63, 3.8) is 0 Å². The zero-order chi connectivity index (χ0) is 21.6. The molecule has 8 heteroatoms. The molecule has 2 aromatic rings. The standard InChI is InChI=1S/C21H30N4O2.CH2O2/c1-21(13-27-14-21)12-25(2)20(26)22-11-15-7-9-16(10-8-15)19-23-17-5-3-4-6-18(17)24-19;2-1-3/h3-6,15-16H,7-14H2,1-2H3,(H,22,26)(H,23,24);1H,(H,2,3). The molecule has 0 radical (unpaired) electrons. The summed E-state index contributed by atoms with van der Waals surface area (Å²) in [5.41, 5.74) is 2.29. The first kappa shape index (κ1) is 22.1. The third kappa shape index (κ3) is 5.50. The van der Waals surface area contributed by atoms with E-state index in [4.69, 9.17) is 19.6 Å². The average Bonchev–Trinajstić information content (AvgIpc) is 3.16. The van der Waals surface area contributed by atoms with E-state index in [1.807, 2.05) is 19.2 Å². The first-order valence-electron chi connectivity index (χ1n) is 10.5. The molecule has 30 heavy (non-hydrogen) atoms. The maximum absolute atomic E-state index is 12.3. The molecule has 1 saturated heterocycles. The van der Waals surface area contributed by atoms with E-state index in [-0.39, 0.29) is 17.9 Å². The predicted molar refractivity (Wildman–Crippen MR) is 114 cm³/mol. The number of imidazole rings is 1. The van der Waals surface area contributed by atoms with Gasteiger partial charge in [0.05, 0.1) is 24.2 Å². The summed E-state index contributed by atoms with van der Waals surface area (Å²) in [4.78, 5) is 30.7. The van der Waals surface area contributed by atoms with E-state index < -0.39 is 0 Å². The smallest absolute Gasteiger partial charge is 0.317 e. The molecule has 0 spiro atoms. The number of hydrogen-bond acceptors (Lipinski definition) is 4. The van der Waals surface area contributed by atoms with Crippen LogP contribution < -0.4 is 5.32 Å². The van der Waals surface area contributed by atoms with Crippen molar-refractivity contribution in [3.05, 3.63) is 30.1 Å². The summed E-state index contributed by atoms with van der Waals surface area (Å²) < 4.78 is 5.27. The van der Waals surface area contributed by atoms with Gasteiger partial charge >= 0.3 is 6.03 Å². The van der Waals surface area contributed by atoms with E-state index in [1.165, 1.54) is 0 Å². The summed E-state index contributed by atoms with van der Waals surface area (Å²) in [6.07, 6.45) is 4.53. The number of nitrogens with zero attached hydrogens (tertiary/aromatic N) is 2. The SMILES string of the molecule is CN(CC1(C)COC1)C(=O)NCC1CCC(c2nc3ccccc3[nH]2)CC1.O=CO. The Morgan fingerprint density at radius 2 is 2.00 bits per heavy atom. The van der Waals surface area contributed by atoms with Crippen LogP contribution in [0.3, 0.4) is 0 Å². The van der Waals surface area contributed by atoms with Gasteiger partial charge in [0.15, 0.2) is 0 Å². The third-order valence-electron chi connectivity index (χ3n) is 6.05. The molecule has 1 aliphatic heterocycles. The fourth-order valence-electron chi connectivity index (χ4n) is 4.36. The second kappa shape index (κ2) is 9.93. The molecule has 2 amide bonds. The molecule has 1 aromatic heterocycles. The monoisotopic (exact) mass is 416 g/mol. The maximum atomic E-state index is 12.3. The lowest BCUT2D eigenvalue weighted by Crippen LogP contribution is -2.51. The molecular weight excluding hydrogens is 384 g/mol. The van der Waals surface area contributed by atoms with Crippen LogP contribution in [0.4, 0.5) is 4.79 Å². The highest BCUT2D eigenvalue weighted by molar-refractivity contribution is 5.75. The Bertz CT molecular complexity index is 808. The number of hydrogen-bond donors (Lipinski definition) is 3. The van der Waals surface area contributed by atoms with Crippen LogP contribution in [-0.4, -0.2) is 65.8 Å². The number of carboxylic acid groups (broad SMARTS) is 1. The lowest BCUT2D eigenvalue weighted by atomic mass is 9.81. The first-order chi connectivity index (χ1) is 14.4. The summed E-state index contributed by atoms with van der Waals surface area (Å²) in [7, 11) is 1.87. The summed E-state index contributed by atoms with van der Waals surface area (Å²) in [6, 6.07) is 8.24. The van der Waals surface area contributed by atoms with Crippen molar-refractivity contribution in [2.45, 2.75) is 38.5 Å². The lowest BCUT2D eigenvalue weighted by molar-refractivity contribution is -0.122. The molecule has 3 N–H and O–H groups in total. The van der Waals surface area contributed by atoms with Gasteiger partial charge in [-0.25, -0.2) is 9.78 Å². The Hall–Kier alpha value is -2.61. The van der Waals surface area contributed by atoms with Crippen molar-refractivity contribution < 1.29 is 19.4 Å². The van der Waals surface area contributed by atoms with Gasteiger partial charge in [-0.15, -0.1) is 0 Å². The van der Waals surface area contributed by atoms with Gasteiger partial charge in [-0.05, 0) is 43.7 Å². The third-order valence-corrected chi connectivity index (χ3v) is 6.05. The topological polar surface area (TPSA) is 108 Å². The van der Waals surface area contributed by atoms with Crippen molar-refractivity contribution >= 4 is 23.5 Å². The predicted octanol–water partition coefficient (Wildman–Crippen LogP) is 3.22. The fraction of sp³-hybridized carbons (Fsp3) is 0.591. The quantitative estimate of drug-likeness (QED) is 0.649. The van der Waals surface area contributed by atoms with Crippen LogP contribution in [0.5, 0.6) is 0 Å². The number of urea groups is 1. The number of carbonyl (C=O) groups excluding carboxylic acids is 1. The van der Waals surface area contributed by atoms with E-state index in [0.717, 1.165) is 68.8 Å². The van der Waals surface area contributed by atoms with Gasteiger partial charge in [0, 0.05) is 31.5 Å². The minimum absolute atomic E-state index is 0.0301. The summed E-state index contributed by atoms with van der Waals surface area (Å²) >= 11 is 0. The van der Waals surface area contributed by atoms with Crippen LogP contribution >= 0.6 is 0 Å². The van der Waals surface area contributed by atoms with Crippen LogP contribution in [0.15, 0.2) is 24.3 Å². The van der Waals surface area contributed by atoms with Crippen molar-refractivity contribution in [3.8, 4) is 0 Å². The number of benzene rings is 1. The van der Waals surface area contributed by atoms with E-state index in [1.54, 1.807) is 4.90 Å². The molecule has 0 unspecified atom stereocenters. The Morgan fingerprint density at radius 3 is 2.60 bits per heavy atom. The zero-order valence-corrected chi connectivity index (χ0v) is 17.8. The molecule has 1 aromatic carbocycles. The number of H-pyrrole nitrogens is 1. The molecule has 2 aliphatic rings. The summed E-state index contributed by atoms with van der Waals surface area (Å²) in [5.74, 6) is 2.19. The van der Waals surface area contributed by atoms with E-state index >= 15 is 0 Å². The van der Waals surface area contributed by atoms with E-state index in [2.05, 4.69) is 29.4 Å². The number of ether oxygens (including phenoxy) is 1. The summed E-state index contributed by atoms with van der Waals surface area (Å²) in [5, 5.41) is 10.0. The molecule has 0 bridgehead atoms. The largest absolute Gasteiger partial charge is 0.483 e. The van der Waals surface area contributed by atoms with E-state index in [9.17, 15) is 4.79 Å². The zero-order valence-electron chi connectivity index (χ0n) is 17.8. The van der Waals surface area contributed by atoms with Gasteiger partial charge in [-0.2, -0.15) is 0 Å². The van der Waals surface area contributed by atoms with Crippen molar-refractivity contribution in [1.29, 1.82) is 0 Å². The highest BCUT2D eigenvalue weighted by Crippen LogP contribution is 2.35. The Morgan fingerprint density at radius 1 is 1.33 bits per heavy atom. The number of fused-ring (bicyclic) bond motifs is 1. The molecule has 4 rings (SSSR count). The van der Waals surface area contributed by atoms with Gasteiger partial charge in [-0.1, -0.05) is 19.1 Å². The maximum Gasteiger partial charge on any atom is 0.317 e. The number of rotatable bonds is 5. The van der Waals surface area contributed by atoms with Crippen LogP contribution in [0.2, 0.25) is 0 Å². The molecule has 2 heterocycles. The highest BCUT2D eigenvalue weighted by atomic mass is 16.5. The number of nitrogens with one attached hydrogen (secondary N) is 2. The second-order valence-corrected chi connectivity index (χ2v) is 8.81. The molecule has 8 nitrogen and oxygen atoms in total. The van der Waals surface area contributed by atoms with Crippen molar-refractivity contribution in [2.75, 3.05) is 33.4 Å². The molecule has 0 atom stereocenters. The van der Waals surface area contributed by atoms with Crippen molar-refractivity contribution in [2.24, 2.45) is 11.3 Å². The minimum atomic E-state index is -0.250. The van der Waals surface area contributed by atoms with E-state index in [0.29, 0.717) is 11.8 Å². The Kier molecular flexibility index (Phi) is 7.31. The number of amides is 2. The lowest BCUT2D eigenvalue weighted by Gasteiger charge is -2.40.